The van der Waals surface area contributed by atoms with Gasteiger partial charge in [-0.25, -0.2) is 4.98 Å². The third kappa shape index (κ3) is 3.01. The van der Waals surface area contributed by atoms with Crippen LogP contribution in [-0.2, 0) is 12.0 Å². The molecular formula is C14H18N2OS. The van der Waals surface area contributed by atoms with Crippen molar-refractivity contribution in [3.05, 3.63) is 40.9 Å². The van der Waals surface area contributed by atoms with Crippen LogP contribution in [-0.4, -0.2) is 4.98 Å². The van der Waals surface area contributed by atoms with Crippen molar-refractivity contribution in [2.45, 2.75) is 32.8 Å². The van der Waals surface area contributed by atoms with Crippen LogP contribution in [0.2, 0.25) is 0 Å². The second kappa shape index (κ2) is 4.98. The molecule has 0 spiro atoms. The van der Waals surface area contributed by atoms with Gasteiger partial charge in [0.1, 0.15) is 12.4 Å². The third-order valence-electron chi connectivity index (χ3n) is 2.64. The highest BCUT2D eigenvalue weighted by molar-refractivity contribution is 7.15. The summed E-state index contributed by atoms with van der Waals surface area (Å²) >= 11 is 1.46. The summed E-state index contributed by atoms with van der Waals surface area (Å²) in [6, 6.07) is 8.14. The number of para-hydroxylation sites is 1. The molecule has 2 N–H and O–H groups in total. The van der Waals surface area contributed by atoms with Crippen LogP contribution >= 0.6 is 11.3 Å². The van der Waals surface area contributed by atoms with E-state index in [1.54, 1.807) is 6.20 Å². The Balaban J connectivity index is 2.14. The van der Waals surface area contributed by atoms with Crippen molar-refractivity contribution in [2.24, 2.45) is 0 Å². The summed E-state index contributed by atoms with van der Waals surface area (Å²) in [5.41, 5.74) is 6.88. The Bertz CT molecular complexity index is 529. The zero-order valence-electron chi connectivity index (χ0n) is 10.9. The maximum atomic E-state index is 5.88. The topological polar surface area (TPSA) is 48.1 Å². The van der Waals surface area contributed by atoms with Crippen LogP contribution in [0.4, 0.5) is 5.13 Å². The Kier molecular flexibility index (Phi) is 3.57. The van der Waals surface area contributed by atoms with E-state index in [-0.39, 0.29) is 5.41 Å². The summed E-state index contributed by atoms with van der Waals surface area (Å²) in [5, 5.41) is 0.581. The maximum Gasteiger partial charge on any atom is 0.180 e. The van der Waals surface area contributed by atoms with Gasteiger partial charge in [0.25, 0.3) is 0 Å². The van der Waals surface area contributed by atoms with Gasteiger partial charge in [0, 0.05) is 6.20 Å². The largest absolute Gasteiger partial charge is 0.488 e. The van der Waals surface area contributed by atoms with Gasteiger partial charge in [-0.15, -0.1) is 0 Å². The molecule has 0 aliphatic carbocycles. The number of hydrogen-bond acceptors (Lipinski definition) is 4. The lowest BCUT2D eigenvalue weighted by atomic mass is 9.86. The van der Waals surface area contributed by atoms with Crippen LogP contribution in [0.5, 0.6) is 5.75 Å². The number of thiazole rings is 1. The average molecular weight is 262 g/mol. The van der Waals surface area contributed by atoms with Gasteiger partial charge < -0.3 is 10.5 Å². The molecule has 0 atom stereocenters. The van der Waals surface area contributed by atoms with E-state index in [1.807, 2.05) is 18.2 Å². The van der Waals surface area contributed by atoms with Gasteiger partial charge in [-0.2, -0.15) is 0 Å². The minimum atomic E-state index is 0.0727. The van der Waals surface area contributed by atoms with E-state index in [0.29, 0.717) is 11.7 Å². The van der Waals surface area contributed by atoms with Crippen LogP contribution < -0.4 is 10.5 Å². The molecule has 1 aromatic heterocycles. The first-order valence-electron chi connectivity index (χ1n) is 5.89. The lowest BCUT2D eigenvalue weighted by molar-refractivity contribution is 0.300. The summed E-state index contributed by atoms with van der Waals surface area (Å²) in [6.45, 7) is 7.06. The van der Waals surface area contributed by atoms with Gasteiger partial charge in [-0.1, -0.05) is 50.3 Å². The normalized spacial score (nSPS) is 11.5. The molecule has 0 aliphatic rings. The van der Waals surface area contributed by atoms with Crippen LogP contribution in [0.15, 0.2) is 30.5 Å². The van der Waals surface area contributed by atoms with Gasteiger partial charge >= 0.3 is 0 Å². The number of nitrogen functional groups attached to an aromatic ring is 1. The van der Waals surface area contributed by atoms with Gasteiger partial charge in [-0.3, -0.25) is 0 Å². The van der Waals surface area contributed by atoms with Gasteiger partial charge in [-0.05, 0) is 17.0 Å². The van der Waals surface area contributed by atoms with E-state index in [2.05, 4.69) is 31.8 Å². The van der Waals surface area contributed by atoms with E-state index in [1.165, 1.54) is 16.9 Å². The zero-order valence-corrected chi connectivity index (χ0v) is 11.8. The number of nitrogens with zero attached hydrogens (tertiary/aromatic N) is 1. The molecule has 1 heterocycles. The predicted octanol–water partition coefficient (Wildman–Crippen LogP) is 3.60. The SMILES string of the molecule is CC(C)(C)c1ccccc1OCc1cnc(N)s1. The maximum absolute atomic E-state index is 5.88. The minimum absolute atomic E-state index is 0.0727. The third-order valence-corrected chi connectivity index (χ3v) is 3.44. The lowest BCUT2D eigenvalue weighted by Gasteiger charge is -2.22. The summed E-state index contributed by atoms with van der Waals surface area (Å²) < 4.78 is 5.88. The first kappa shape index (κ1) is 12.9. The minimum Gasteiger partial charge on any atom is -0.488 e. The van der Waals surface area contributed by atoms with Crippen LogP contribution in [0, 0.1) is 0 Å². The van der Waals surface area contributed by atoms with Crippen LogP contribution in [0.3, 0.4) is 0 Å². The monoisotopic (exact) mass is 262 g/mol. The van der Waals surface area contributed by atoms with Crippen molar-refractivity contribution < 1.29 is 4.74 Å². The summed E-state index contributed by atoms with van der Waals surface area (Å²) in [7, 11) is 0. The molecule has 0 unspecified atom stereocenters. The number of rotatable bonds is 3. The molecule has 2 rings (SSSR count). The molecule has 3 nitrogen and oxygen atoms in total. The van der Waals surface area contributed by atoms with Crippen molar-refractivity contribution in [1.29, 1.82) is 0 Å². The lowest BCUT2D eigenvalue weighted by Crippen LogP contribution is -2.13. The Morgan fingerprint density at radius 1 is 1.28 bits per heavy atom. The molecule has 0 saturated heterocycles. The number of benzene rings is 1. The highest BCUT2D eigenvalue weighted by Crippen LogP contribution is 2.31. The summed E-state index contributed by atoms with van der Waals surface area (Å²) in [6.07, 6.45) is 1.76. The fourth-order valence-corrected chi connectivity index (χ4v) is 2.35. The summed E-state index contributed by atoms with van der Waals surface area (Å²) in [5.74, 6) is 0.928. The van der Waals surface area contributed by atoms with Crippen molar-refractivity contribution in [2.75, 3.05) is 5.73 Å². The van der Waals surface area contributed by atoms with Gasteiger partial charge in [0.2, 0.25) is 0 Å². The average Bonchev–Trinajstić information content (AvgIpc) is 2.72. The van der Waals surface area contributed by atoms with E-state index >= 15 is 0 Å². The molecule has 0 fully saturated rings. The van der Waals surface area contributed by atoms with Crippen LogP contribution in [0.25, 0.3) is 0 Å². The second-order valence-electron chi connectivity index (χ2n) is 5.20. The van der Waals surface area contributed by atoms with Crippen molar-refractivity contribution in [3.8, 4) is 5.75 Å². The standard InChI is InChI=1S/C14H18N2OS/c1-14(2,3)11-6-4-5-7-12(11)17-9-10-8-16-13(15)18-10/h4-8H,9H2,1-3H3,(H2,15,16). The van der Waals surface area contributed by atoms with E-state index in [9.17, 15) is 0 Å². The first-order chi connectivity index (χ1) is 8.47. The van der Waals surface area contributed by atoms with Crippen molar-refractivity contribution >= 4 is 16.5 Å². The number of ether oxygens (including phenoxy) is 1. The molecule has 4 heteroatoms. The molecule has 0 aliphatic heterocycles. The van der Waals surface area contributed by atoms with E-state index in [4.69, 9.17) is 10.5 Å². The van der Waals surface area contributed by atoms with E-state index < -0.39 is 0 Å². The van der Waals surface area contributed by atoms with Crippen molar-refractivity contribution in [3.63, 3.8) is 0 Å². The van der Waals surface area contributed by atoms with Crippen molar-refractivity contribution in [1.82, 2.24) is 4.98 Å². The number of anilines is 1. The highest BCUT2D eigenvalue weighted by atomic mass is 32.1. The smallest absolute Gasteiger partial charge is 0.180 e. The molecule has 0 saturated carbocycles. The Morgan fingerprint density at radius 3 is 2.61 bits per heavy atom. The number of aromatic nitrogens is 1. The molecule has 1 aromatic carbocycles. The molecular weight excluding hydrogens is 244 g/mol. The molecule has 0 radical (unpaired) electrons. The molecule has 0 amide bonds. The fourth-order valence-electron chi connectivity index (χ4n) is 1.75. The Morgan fingerprint density at radius 2 is 2.00 bits per heavy atom. The second-order valence-corrected chi connectivity index (χ2v) is 6.35. The Labute approximate surface area is 112 Å². The highest BCUT2D eigenvalue weighted by Gasteiger charge is 2.18. The molecule has 18 heavy (non-hydrogen) atoms. The quantitative estimate of drug-likeness (QED) is 0.919. The summed E-state index contributed by atoms with van der Waals surface area (Å²) in [4.78, 5) is 5.05. The molecule has 96 valence electrons. The molecule has 2 aromatic rings. The van der Waals surface area contributed by atoms with E-state index in [0.717, 1.165) is 10.6 Å². The fraction of sp³-hybridized carbons (Fsp3) is 0.357. The van der Waals surface area contributed by atoms with Crippen LogP contribution in [0.1, 0.15) is 31.2 Å². The number of hydrogen-bond donors (Lipinski definition) is 1. The molecule has 0 bridgehead atoms. The Hall–Kier alpha value is -1.55. The number of nitrogens with two attached hydrogens (primary N) is 1. The van der Waals surface area contributed by atoms with Gasteiger partial charge in [0.05, 0.1) is 4.88 Å². The first-order valence-corrected chi connectivity index (χ1v) is 6.71. The zero-order chi connectivity index (χ0) is 13.2. The van der Waals surface area contributed by atoms with Gasteiger partial charge in [0.15, 0.2) is 5.13 Å². The predicted molar refractivity (Wildman–Crippen MR) is 76.0 cm³/mol.